The van der Waals surface area contributed by atoms with Crippen LogP contribution >= 0.6 is 0 Å². The Bertz CT molecular complexity index is 552. The molecule has 0 aliphatic carbocycles. The van der Waals surface area contributed by atoms with E-state index in [1.54, 1.807) is 4.68 Å². The van der Waals surface area contributed by atoms with Crippen LogP contribution in [-0.4, -0.2) is 45.4 Å². The fourth-order valence-electron chi connectivity index (χ4n) is 2.72. The molecule has 1 fully saturated rings. The fraction of sp³-hybridized carbons (Fsp3) is 0.818. The van der Waals surface area contributed by atoms with Gasteiger partial charge in [0.2, 0.25) is 0 Å². The first-order chi connectivity index (χ1) is 8.54. The quantitative estimate of drug-likeness (QED) is 0.798. The van der Waals surface area contributed by atoms with Crippen LogP contribution in [0, 0.1) is 0 Å². The normalized spacial score (nSPS) is 30.3. The summed E-state index contributed by atoms with van der Waals surface area (Å²) in [5.74, 6) is 1.68. The van der Waals surface area contributed by atoms with Gasteiger partial charge < -0.3 is 5.11 Å². The average molecular weight is 271 g/mol. The van der Waals surface area contributed by atoms with Crippen molar-refractivity contribution in [3.63, 3.8) is 0 Å². The van der Waals surface area contributed by atoms with E-state index in [0.29, 0.717) is 37.4 Å². The van der Waals surface area contributed by atoms with Gasteiger partial charge in [-0.15, -0.1) is 0 Å². The highest BCUT2D eigenvalue weighted by atomic mass is 32.2. The number of aryl methyl sites for hydroxylation is 1. The van der Waals surface area contributed by atoms with E-state index in [2.05, 4.69) is 10.1 Å². The predicted octanol–water partition coefficient (Wildman–Crippen LogP) is -0.295. The molecule has 100 valence electrons. The average Bonchev–Trinajstić information content (AvgIpc) is 2.82. The van der Waals surface area contributed by atoms with Gasteiger partial charge in [0.05, 0.1) is 17.1 Å². The molecule has 2 aliphatic heterocycles. The van der Waals surface area contributed by atoms with E-state index in [4.69, 9.17) is 0 Å². The maximum atomic E-state index is 11.8. The number of rotatable bonds is 2. The van der Waals surface area contributed by atoms with Crippen molar-refractivity contribution in [3.05, 3.63) is 11.6 Å². The van der Waals surface area contributed by atoms with Gasteiger partial charge in [-0.05, 0) is 19.3 Å². The highest BCUT2D eigenvalue weighted by Crippen LogP contribution is 2.23. The second kappa shape index (κ2) is 4.31. The van der Waals surface area contributed by atoms with Gasteiger partial charge >= 0.3 is 0 Å². The first kappa shape index (κ1) is 12.1. The largest absolute Gasteiger partial charge is 0.393 e. The zero-order valence-electron chi connectivity index (χ0n) is 10.1. The van der Waals surface area contributed by atoms with Crippen LogP contribution in [0.25, 0.3) is 0 Å². The summed E-state index contributed by atoms with van der Waals surface area (Å²) in [7, 11) is -2.94. The monoisotopic (exact) mass is 271 g/mol. The predicted molar refractivity (Wildman–Crippen MR) is 64.9 cm³/mol. The third kappa shape index (κ3) is 2.16. The number of nitrogens with zero attached hydrogens (tertiary/aromatic N) is 3. The first-order valence-corrected chi connectivity index (χ1v) is 8.08. The van der Waals surface area contributed by atoms with Gasteiger partial charge in [0.1, 0.15) is 5.82 Å². The summed E-state index contributed by atoms with van der Waals surface area (Å²) in [4.78, 5) is 4.36. The topological polar surface area (TPSA) is 85.1 Å². The van der Waals surface area contributed by atoms with Crippen molar-refractivity contribution in [2.75, 3.05) is 5.75 Å². The molecule has 0 radical (unpaired) electrons. The van der Waals surface area contributed by atoms with Crippen molar-refractivity contribution in [2.45, 2.75) is 50.0 Å². The minimum Gasteiger partial charge on any atom is -0.393 e. The number of aliphatic hydroxyl groups is 1. The molecule has 2 unspecified atom stereocenters. The Balaban J connectivity index is 1.78. The van der Waals surface area contributed by atoms with Crippen molar-refractivity contribution in [1.29, 1.82) is 0 Å². The van der Waals surface area contributed by atoms with E-state index in [1.165, 1.54) is 0 Å². The molecule has 18 heavy (non-hydrogen) atoms. The summed E-state index contributed by atoms with van der Waals surface area (Å²) in [5, 5.41) is 13.6. The van der Waals surface area contributed by atoms with Crippen molar-refractivity contribution < 1.29 is 13.5 Å². The van der Waals surface area contributed by atoms with Crippen LogP contribution in [0.4, 0.5) is 0 Å². The third-order valence-corrected chi connectivity index (χ3v) is 6.03. The number of hydrogen-bond acceptors (Lipinski definition) is 5. The summed E-state index contributed by atoms with van der Waals surface area (Å²) in [5.41, 5.74) is 0. The van der Waals surface area contributed by atoms with Crippen LogP contribution in [-0.2, 0) is 29.2 Å². The lowest BCUT2D eigenvalue weighted by Gasteiger charge is -2.16. The van der Waals surface area contributed by atoms with Crippen LogP contribution in [0.15, 0.2) is 0 Å². The number of sulfone groups is 1. The summed E-state index contributed by atoms with van der Waals surface area (Å²) in [6.07, 6.45) is 2.75. The van der Waals surface area contributed by atoms with Crippen molar-refractivity contribution >= 4 is 9.84 Å². The molecular formula is C11H17N3O3S. The van der Waals surface area contributed by atoms with Gasteiger partial charge in [-0.2, -0.15) is 5.10 Å². The van der Waals surface area contributed by atoms with Gasteiger partial charge in [-0.1, -0.05) is 0 Å². The Morgan fingerprint density at radius 3 is 2.94 bits per heavy atom. The zero-order valence-corrected chi connectivity index (χ0v) is 10.9. The molecule has 2 atom stereocenters. The summed E-state index contributed by atoms with van der Waals surface area (Å²) < 4.78 is 25.3. The molecule has 0 saturated carbocycles. The maximum absolute atomic E-state index is 11.8. The van der Waals surface area contributed by atoms with Crippen molar-refractivity contribution in [1.82, 2.24) is 14.8 Å². The Morgan fingerprint density at radius 1 is 1.39 bits per heavy atom. The van der Waals surface area contributed by atoms with Gasteiger partial charge in [0.15, 0.2) is 15.7 Å². The van der Waals surface area contributed by atoms with Crippen LogP contribution in [0.3, 0.4) is 0 Å². The second-order valence-electron chi connectivity index (χ2n) is 5.15. The van der Waals surface area contributed by atoms with Gasteiger partial charge in [-0.25, -0.2) is 18.1 Å². The van der Waals surface area contributed by atoms with E-state index in [0.717, 1.165) is 18.7 Å². The first-order valence-electron chi connectivity index (χ1n) is 6.37. The van der Waals surface area contributed by atoms with Crippen LogP contribution in [0.5, 0.6) is 0 Å². The maximum Gasteiger partial charge on any atom is 0.153 e. The second-order valence-corrected chi connectivity index (χ2v) is 7.55. The van der Waals surface area contributed by atoms with E-state index in [9.17, 15) is 13.5 Å². The fourth-order valence-corrected chi connectivity index (χ4v) is 4.55. The molecule has 7 heteroatoms. The molecule has 0 amide bonds. The Kier molecular flexibility index (Phi) is 2.90. The van der Waals surface area contributed by atoms with Crippen LogP contribution in [0.1, 0.15) is 30.9 Å². The van der Waals surface area contributed by atoms with E-state index in [1.807, 2.05) is 0 Å². The summed E-state index contributed by atoms with van der Waals surface area (Å²) >= 11 is 0. The zero-order chi connectivity index (χ0) is 12.8. The molecule has 2 aliphatic rings. The highest BCUT2D eigenvalue weighted by Gasteiger charge is 2.33. The molecule has 1 aromatic heterocycles. The van der Waals surface area contributed by atoms with Gasteiger partial charge in [0.25, 0.3) is 0 Å². The lowest BCUT2D eigenvalue weighted by molar-refractivity contribution is 0.138. The van der Waals surface area contributed by atoms with Gasteiger partial charge in [-0.3, -0.25) is 0 Å². The molecule has 1 saturated heterocycles. The minimum absolute atomic E-state index is 0.296. The Morgan fingerprint density at radius 2 is 2.22 bits per heavy atom. The lowest BCUT2D eigenvalue weighted by atomic mass is 10.1. The molecule has 1 N–H and O–H groups in total. The molecule has 0 aromatic carbocycles. The molecule has 6 nitrogen and oxygen atoms in total. The standard InChI is InChI=1S/C11H17N3O3S/c15-8-3-4-14-11(6-8)12-10(13-14)7-9-2-1-5-18(9,16)17/h8-9,15H,1-7H2. The smallest absolute Gasteiger partial charge is 0.153 e. The molecule has 3 heterocycles. The minimum atomic E-state index is -2.94. The molecule has 0 spiro atoms. The number of hydrogen-bond donors (Lipinski definition) is 1. The summed E-state index contributed by atoms with van der Waals surface area (Å²) in [6, 6.07) is 0. The highest BCUT2D eigenvalue weighted by molar-refractivity contribution is 7.92. The van der Waals surface area contributed by atoms with Crippen molar-refractivity contribution in [3.8, 4) is 0 Å². The molecule has 0 bridgehead atoms. The van der Waals surface area contributed by atoms with Crippen LogP contribution < -0.4 is 0 Å². The molecular weight excluding hydrogens is 254 g/mol. The van der Waals surface area contributed by atoms with Crippen molar-refractivity contribution in [2.24, 2.45) is 0 Å². The Labute approximate surface area is 106 Å². The lowest BCUT2D eigenvalue weighted by Crippen LogP contribution is -2.23. The number of aromatic nitrogens is 3. The van der Waals surface area contributed by atoms with Gasteiger partial charge in [0, 0.05) is 19.4 Å². The van der Waals surface area contributed by atoms with E-state index < -0.39 is 9.84 Å². The molecule has 3 rings (SSSR count). The number of aliphatic hydroxyl groups excluding tert-OH is 1. The summed E-state index contributed by atoms with van der Waals surface area (Å²) in [6.45, 7) is 0.668. The molecule has 1 aromatic rings. The Hall–Kier alpha value is -0.950. The third-order valence-electron chi connectivity index (χ3n) is 3.76. The van der Waals surface area contributed by atoms with E-state index >= 15 is 0 Å². The number of fused-ring (bicyclic) bond motifs is 1. The van der Waals surface area contributed by atoms with E-state index in [-0.39, 0.29) is 11.4 Å². The SMILES string of the molecule is O=S1(=O)CCCC1Cc1nc2n(n1)CCC(O)C2. The van der Waals surface area contributed by atoms with Crippen LogP contribution in [0.2, 0.25) is 0 Å².